The smallest absolute Gasteiger partial charge is 0.314 e. The number of hydrogen-bond donors (Lipinski definition) is 1. The van der Waals surface area contributed by atoms with Gasteiger partial charge in [0.15, 0.2) is 0 Å². The van der Waals surface area contributed by atoms with Gasteiger partial charge in [-0.3, -0.25) is 4.90 Å². The van der Waals surface area contributed by atoms with Gasteiger partial charge in [0, 0.05) is 30.4 Å². The molecule has 1 aliphatic heterocycles. The third-order valence-electron chi connectivity index (χ3n) is 3.23. The van der Waals surface area contributed by atoms with Crippen LogP contribution in [0.1, 0.15) is 12.8 Å². The van der Waals surface area contributed by atoms with Crippen LogP contribution >= 0.6 is 11.8 Å². The van der Waals surface area contributed by atoms with E-state index in [1.54, 1.807) is 16.7 Å². The third kappa shape index (κ3) is 3.05. The molecule has 2 nitrogen and oxygen atoms in total. The van der Waals surface area contributed by atoms with E-state index >= 15 is 0 Å². The first kappa shape index (κ1) is 12.5. The average molecular weight is 254 g/mol. The summed E-state index contributed by atoms with van der Waals surface area (Å²) < 4.78 is 37.5. The van der Waals surface area contributed by atoms with Gasteiger partial charge in [-0.15, -0.1) is 0 Å². The zero-order chi connectivity index (χ0) is 11.8. The quantitative estimate of drug-likeness (QED) is 0.822. The van der Waals surface area contributed by atoms with Crippen LogP contribution in [0.4, 0.5) is 13.2 Å². The lowest BCUT2D eigenvalue weighted by atomic mass is 10.2. The number of halogens is 3. The van der Waals surface area contributed by atoms with Crippen molar-refractivity contribution in [2.75, 3.05) is 25.9 Å². The van der Waals surface area contributed by atoms with Crippen LogP contribution in [0.5, 0.6) is 0 Å². The summed E-state index contributed by atoms with van der Waals surface area (Å²) in [6.07, 6.45) is -0.251. The standard InChI is InChI=1S/C10H17F3N2S/c1-16-9-5-14-4-8(9)15(7-2-3-7)6-10(11,12)13/h7-9,14H,2-6H2,1H3. The summed E-state index contributed by atoms with van der Waals surface area (Å²) in [5.41, 5.74) is 0. The van der Waals surface area contributed by atoms with E-state index in [4.69, 9.17) is 0 Å². The van der Waals surface area contributed by atoms with Crippen molar-refractivity contribution in [3.63, 3.8) is 0 Å². The van der Waals surface area contributed by atoms with Crippen LogP contribution in [0.25, 0.3) is 0 Å². The molecule has 1 heterocycles. The maximum atomic E-state index is 12.5. The highest BCUT2D eigenvalue weighted by Crippen LogP contribution is 2.35. The summed E-state index contributed by atoms with van der Waals surface area (Å²) in [5, 5.41) is 3.49. The molecule has 0 aromatic heterocycles. The Balaban J connectivity index is 2.01. The predicted octanol–water partition coefficient (Wildman–Crippen LogP) is 1.72. The van der Waals surface area contributed by atoms with Crippen LogP contribution in [0, 0.1) is 0 Å². The van der Waals surface area contributed by atoms with Gasteiger partial charge in [-0.1, -0.05) is 0 Å². The van der Waals surface area contributed by atoms with E-state index in [2.05, 4.69) is 5.32 Å². The zero-order valence-corrected chi connectivity index (χ0v) is 10.1. The molecular weight excluding hydrogens is 237 g/mol. The van der Waals surface area contributed by atoms with Gasteiger partial charge in [0.05, 0.1) is 6.54 Å². The van der Waals surface area contributed by atoms with Gasteiger partial charge in [-0.2, -0.15) is 24.9 Å². The van der Waals surface area contributed by atoms with Crippen molar-refractivity contribution in [1.82, 2.24) is 10.2 Å². The first-order valence-electron chi connectivity index (χ1n) is 5.57. The molecular formula is C10H17F3N2S. The van der Waals surface area contributed by atoms with Gasteiger partial charge in [0.25, 0.3) is 0 Å². The molecule has 94 valence electrons. The molecule has 2 rings (SSSR count). The second kappa shape index (κ2) is 4.74. The highest BCUT2D eigenvalue weighted by Gasteiger charge is 2.44. The maximum Gasteiger partial charge on any atom is 0.401 e. The summed E-state index contributed by atoms with van der Waals surface area (Å²) in [6, 6.07) is 0.213. The van der Waals surface area contributed by atoms with E-state index in [0.717, 1.165) is 19.4 Å². The number of rotatable bonds is 4. The van der Waals surface area contributed by atoms with Crippen molar-refractivity contribution in [3.05, 3.63) is 0 Å². The Morgan fingerprint density at radius 1 is 1.31 bits per heavy atom. The summed E-state index contributed by atoms with van der Waals surface area (Å²) in [4.78, 5) is 1.67. The van der Waals surface area contributed by atoms with E-state index in [9.17, 15) is 13.2 Å². The SMILES string of the molecule is CSC1CNCC1N(CC(F)(F)F)C1CC1. The molecule has 1 saturated heterocycles. The van der Waals surface area contributed by atoms with Crippen LogP contribution in [0.15, 0.2) is 0 Å². The minimum atomic E-state index is -4.08. The van der Waals surface area contributed by atoms with E-state index in [-0.39, 0.29) is 12.1 Å². The Hall–Kier alpha value is 0.0600. The fourth-order valence-corrected chi connectivity index (χ4v) is 3.19. The van der Waals surface area contributed by atoms with Crippen molar-refractivity contribution in [2.45, 2.75) is 36.4 Å². The van der Waals surface area contributed by atoms with Gasteiger partial charge in [0.2, 0.25) is 0 Å². The lowest BCUT2D eigenvalue weighted by Crippen LogP contribution is -2.48. The van der Waals surface area contributed by atoms with Crippen molar-refractivity contribution in [3.8, 4) is 0 Å². The monoisotopic (exact) mass is 254 g/mol. The molecule has 1 saturated carbocycles. The van der Waals surface area contributed by atoms with E-state index in [0.29, 0.717) is 11.8 Å². The minimum Gasteiger partial charge on any atom is -0.314 e. The number of nitrogens with zero attached hydrogens (tertiary/aromatic N) is 1. The molecule has 2 unspecified atom stereocenters. The maximum absolute atomic E-state index is 12.5. The Kier molecular flexibility index (Phi) is 3.71. The molecule has 1 N–H and O–H groups in total. The summed E-state index contributed by atoms with van der Waals surface area (Å²) in [7, 11) is 0. The van der Waals surface area contributed by atoms with Crippen LogP contribution < -0.4 is 5.32 Å². The van der Waals surface area contributed by atoms with Crippen molar-refractivity contribution in [2.24, 2.45) is 0 Å². The second-order valence-electron chi connectivity index (χ2n) is 4.52. The molecule has 0 aromatic carbocycles. The van der Waals surface area contributed by atoms with Gasteiger partial charge >= 0.3 is 6.18 Å². The fourth-order valence-electron chi connectivity index (χ4n) is 2.34. The van der Waals surface area contributed by atoms with Crippen LogP contribution in [0.3, 0.4) is 0 Å². The van der Waals surface area contributed by atoms with Gasteiger partial charge in [0.1, 0.15) is 0 Å². The van der Waals surface area contributed by atoms with Gasteiger partial charge < -0.3 is 5.32 Å². The van der Waals surface area contributed by atoms with Crippen molar-refractivity contribution in [1.29, 1.82) is 0 Å². The highest BCUT2D eigenvalue weighted by molar-refractivity contribution is 7.99. The first-order valence-corrected chi connectivity index (χ1v) is 6.86. The lowest BCUT2D eigenvalue weighted by Gasteiger charge is -2.32. The first-order chi connectivity index (χ1) is 7.51. The molecule has 0 bridgehead atoms. The zero-order valence-electron chi connectivity index (χ0n) is 9.26. The molecule has 0 amide bonds. The topological polar surface area (TPSA) is 15.3 Å². The number of nitrogens with one attached hydrogen (secondary N) is 1. The molecule has 2 fully saturated rings. The summed E-state index contributed by atoms with van der Waals surface area (Å²) in [6.45, 7) is 0.770. The molecule has 0 spiro atoms. The normalized spacial score (nSPS) is 31.3. The predicted molar refractivity (Wildman–Crippen MR) is 59.7 cm³/mol. The fraction of sp³-hybridized carbons (Fsp3) is 1.00. The van der Waals surface area contributed by atoms with E-state index in [1.165, 1.54) is 0 Å². The number of thioether (sulfide) groups is 1. The molecule has 2 atom stereocenters. The van der Waals surface area contributed by atoms with Crippen LogP contribution in [-0.2, 0) is 0 Å². The average Bonchev–Trinajstić information content (AvgIpc) is 2.91. The molecule has 1 aliphatic carbocycles. The lowest BCUT2D eigenvalue weighted by molar-refractivity contribution is -0.151. The molecule has 0 aromatic rings. The Morgan fingerprint density at radius 2 is 2.00 bits per heavy atom. The molecule has 2 aliphatic rings. The molecule has 6 heteroatoms. The molecule has 0 radical (unpaired) electrons. The second-order valence-corrected chi connectivity index (χ2v) is 5.60. The third-order valence-corrected chi connectivity index (χ3v) is 4.32. The van der Waals surface area contributed by atoms with Crippen LogP contribution in [0.2, 0.25) is 0 Å². The Bertz CT molecular complexity index is 243. The van der Waals surface area contributed by atoms with E-state index < -0.39 is 12.7 Å². The summed E-state index contributed by atoms with van der Waals surface area (Å²) >= 11 is 1.67. The van der Waals surface area contributed by atoms with Gasteiger partial charge in [-0.25, -0.2) is 0 Å². The summed E-state index contributed by atoms with van der Waals surface area (Å²) in [5.74, 6) is 0. The largest absolute Gasteiger partial charge is 0.401 e. The van der Waals surface area contributed by atoms with E-state index in [1.807, 2.05) is 6.26 Å². The Labute approximate surface area is 97.9 Å². The van der Waals surface area contributed by atoms with Crippen LogP contribution in [-0.4, -0.2) is 54.3 Å². The molecule has 16 heavy (non-hydrogen) atoms. The number of hydrogen-bond acceptors (Lipinski definition) is 3. The highest BCUT2D eigenvalue weighted by atomic mass is 32.2. The minimum absolute atomic E-state index is 0.0455. The Morgan fingerprint density at radius 3 is 2.50 bits per heavy atom. The van der Waals surface area contributed by atoms with Crippen molar-refractivity contribution >= 4 is 11.8 Å². The van der Waals surface area contributed by atoms with Gasteiger partial charge in [-0.05, 0) is 19.1 Å². The van der Waals surface area contributed by atoms with Crippen molar-refractivity contribution < 1.29 is 13.2 Å². The number of alkyl halides is 3.